The van der Waals surface area contributed by atoms with Crippen molar-refractivity contribution >= 4 is 18.2 Å². The van der Waals surface area contributed by atoms with E-state index in [9.17, 15) is 4.79 Å². The minimum Gasteiger partial charge on any atom is -0.373 e. The number of ether oxygens (including phenoxy) is 1. The van der Waals surface area contributed by atoms with Crippen molar-refractivity contribution in [2.24, 2.45) is 0 Å². The van der Waals surface area contributed by atoms with E-state index in [0.717, 1.165) is 19.4 Å². The first-order valence-corrected chi connectivity index (χ1v) is 6.96. The average molecular weight is 300 g/mol. The minimum absolute atomic E-state index is 0. The molecule has 112 valence electrons. The zero-order valence-electron chi connectivity index (χ0n) is 11.6. The van der Waals surface area contributed by atoms with Gasteiger partial charge in [0.05, 0.1) is 6.20 Å². The van der Waals surface area contributed by atoms with Crippen LogP contribution in [0.4, 0.5) is 0 Å². The molecule has 0 spiro atoms. The fraction of sp³-hybridized carbons (Fsp3) is 0.643. The molecule has 1 unspecified atom stereocenters. The van der Waals surface area contributed by atoms with E-state index < -0.39 is 0 Å². The van der Waals surface area contributed by atoms with Crippen LogP contribution in [0.15, 0.2) is 18.6 Å². The van der Waals surface area contributed by atoms with Crippen molar-refractivity contribution < 1.29 is 9.53 Å². The summed E-state index contributed by atoms with van der Waals surface area (Å²) < 4.78 is 5.40. The molecule has 1 N–H and O–H groups in total. The van der Waals surface area contributed by atoms with E-state index in [1.807, 2.05) is 0 Å². The summed E-state index contributed by atoms with van der Waals surface area (Å²) in [7, 11) is 0. The molecule has 0 amide bonds. The Morgan fingerprint density at radius 1 is 1.40 bits per heavy atom. The minimum atomic E-state index is -0.108. The lowest BCUT2D eigenvalue weighted by Gasteiger charge is -2.23. The topological polar surface area (TPSA) is 64.1 Å². The maximum atomic E-state index is 11.7. The van der Waals surface area contributed by atoms with E-state index >= 15 is 0 Å². The van der Waals surface area contributed by atoms with Crippen molar-refractivity contribution in [1.29, 1.82) is 0 Å². The zero-order valence-corrected chi connectivity index (χ0v) is 12.4. The third kappa shape index (κ3) is 5.94. The van der Waals surface area contributed by atoms with Crippen LogP contribution in [0.1, 0.15) is 42.6 Å². The number of nitrogens with zero attached hydrogens (tertiary/aromatic N) is 2. The number of halogens is 1. The Kier molecular flexibility index (Phi) is 8.34. The molecule has 20 heavy (non-hydrogen) atoms. The van der Waals surface area contributed by atoms with Crippen LogP contribution in [0.3, 0.4) is 0 Å². The lowest BCUT2D eigenvalue weighted by Crippen LogP contribution is -2.34. The van der Waals surface area contributed by atoms with Gasteiger partial charge in [0.1, 0.15) is 12.3 Å². The van der Waals surface area contributed by atoms with Gasteiger partial charge in [0.2, 0.25) is 5.78 Å². The van der Waals surface area contributed by atoms with Crippen molar-refractivity contribution in [3.63, 3.8) is 0 Å². The molecule has 0 saturated carbocycles. The normalized spacial score (nSPS) is 18.3. The van der Waals surface area contributed by atoms with Gasteiger partial charge in [-0.2, -0.15) is 0 Å². The smallest absolute Gasteiger partial charge is 0.208 e. The van der Waals surface area contributed by atoms with Crippen molar-refractivity contribution in [2.75, 3.05) is 19.8 Å². The number of ketones is 1. The van der Waals surface area contributed by atoms with Gasteiger partial charge in [-0.25, -0.2) is 4.98 Å². The van der Waals surface area contributed by atoms with Gasteiger partial charge in [-0.1, -0.05) is 6.42 Å². The molecule has 1 saturated heterocycles. The maximum Gasteiger partial charge on any atom is 0.208 e. The number of hydrogen-bond donors (Lipinski definition) is 1. The third-order valence-corrected chi connectivity index (χ3v) is 3.34. The second-order valence-corrected chi connectivity index (χ2v) is 4.86. The van der Waals surface area contributed by atoms with Gasteiger partial charge in [-0.05, 0) is 32.2 Å². The number of Topliss-reactive ketones (excluding diaryl/α,β-unsaturated/α-hetero) is 1. The Labute approximate surface area is 125 Å². The van der Waals surface area contributed by atoms with Crippen molar-refractivity contribution in [3.8, 4) is 0 Å². The second-order valence-electron chi connectivity index (χ2n) is 4.86. The summed E-state index contributed by atoms with van der Waals surface area (Å²) in [5, 5.41) is 3.50. The molecular formula is C14H22ClN3O2. The number of hydrogen-bond acceptors (Lipinski definition) is 5. The van der Waals surface area contributed by atoms with Crippen LogP contribution in [-0.4, -0.2) is 41.6 Å². The molecule has 2 heterocycles. The first-order chi connectivity index (χ1) is 9.36. The van der Waals surface area contributed by atoms with Gasteiger partial charge < -0.3 is 10.1 Å². The van der Waals surface area contributed by atoms with Crippen LogP contribution in [0.2, 0.25) is 0 Å². The van der Waals surface area contributed by atoms with E-state index in [0.29, 0.717) is 18.3 Å². The number of nitrogens with one attached hydrogen (secondary N) is 1. The Morgan fingerprint density at radius 3 is 3.00 bits per heavy atom. The molecule has 2 rings (SSSR count). The molecule has 1 fully saturated rings. The standard InChI is InChI=1S/C14H21N3O2.ClH/c18-14(13-10-15-7-8-17-13)11-19-9-3-5-12-4-1-2-6-16-12;/h7-8,10,12,16H,1-6,9,11H2;1H. The number of aromatic nitrogens is 2. The summed E-state index contributed by atoms with van der Waals surface area (Å²) in [6, 6.07) is 0.632. The van der Waals surface area contributed by atoms with E-state index in [-0.39, 0.29) is 24.8 Å². The van der Waals surface area contributed by atoms with Gasteiger partial charge >= 0.3 is 0 Å². The van der Waals surface area contributed by atoms with E-state index in [4.69, 9.17) is 4.74 Å². The summed E-state index contributed by atoms with van der Waals surface area (Å²) >= 11 is 0. The molecule has 1 atom stereocenters. The van der Waals surface area contributed by atoms with Gasteiger partial charge in [0.15, 0.2) is 0 Å². The van der Waals surface area contributed by atoms with Gasteiger partial charge in [-0.15, -0.1) is 12.4 Å². The van der Waals surface area contributed by atoms with Gasteiger partial charge in [-0.3, -0.25) is 9.78 Å². The van der Waals surface area contributed by atoms with Crippen molar-refractivity contribution in [3.05, 3.63) is 24.3 Å². The first kappa shape index (κ1) is 17.0. The van der Waals surface area contributed by atoms with Crippen LogP contribution in [-0.2, 0) is 4.74 Å². The molecule has 1 aromatic heterocycles. The first-order valence-electron chi connectivity index (χ1n) is 6.96. The molecule has 0 aromatic carbocycles. The van der Waals surface area contributed by atoms with Gasteiger partial charge in [0, 0.05) is 25.0 Å². The molecule has 1 aromatic rings. The average Bonchev–Trinajstić information content (AvgIpc) is 2.49. The number of carbonyl (C=O) groups excluding carboxylic acids is 1. The molecule has 1 aliphatic heterocycles. The van der Waals surface area contributed by atoms with Crippen LogP contribution in [0.5, 0.6) is 0 Å². The number of piperidine rings is 1. The Bertz CT molecular complexity index is 383. The molecule has 0 bridgehead atoms. The highest BCUT2D eigenvalue weighted by atomic mass is 35.5. The fourth-order valence-corrected chi connectivity index (χ4v) is 2.28. The number of rotatable bonds is 7. The van der Waals surface area contributed by atoms with Crippen LogP contribution in [0, 0.1) is 0 Å². The van der Waals surface area contributed by atoms with Crippen LogP contribution < -0.4 is 5.32 Å². The molecule has 5 nitrogen and oxygen atoms in total. The monoisotopic (exact) mass is 299 g/mol. The van der Waals surface area contributed by atoms with Gasteiger partial charge in [0.25, 0.3) is 0 Å². The Balaban J connectivity index is 0.00000200. The zero-order chi connectivity index (χ0) is 13.3. The Morgan fingerprint density at radius 2 is 2.30 bits per heavy atom. The summed E-state index contributed by atoms with van der Waals surface area (Å²) in [5.41, 5.74) is 0.372. The molecule has 1 aliphatic rings. The highest BCUT2D eigenvalue weighted by Gasteiger charge is 2.12. The predicted molar refractivity (Wildman–Crippen MR) is 79.3 cm³/mol. The van der Waals surface area contributed by atoms with E-state index in [2.05, 4.69) is 15.3 Å². The molecular weight excluding hydrogens is 278 g/mol. The Hall–Kier alpha value is -1.04. The third-order valence-electron chi connectivity index (χ3n) is 3.34. The quantitative estimate of drug-likeness (QED) is 0.616. The van der Waals surface area contributed by atoms with Crippen molar-refractivity contribution in [1.82, 2.24) is 15.3 Å². The maximum absolute atomic E-state index is 11.7. The second kappa shape index (κ2) is 9.80. The number of carbonyl (C=O) groups is 1. The summed E-state index contributed by atoms with van der Waals surface area (Å²) in [5.74, 6) is -0.108. The highest BCUT2D eigenvalue weighted by molar-refractivity contribution is 5.94. The van der Waals surface area contributed by atoms with Crippen LogP contribution in [0.25, 0.3) is 0 Å². The largest absolute Gasteiger partial charge is 0.373 e. The summed E-state index contributed by atoms with van der Waals surface area (Å²) in [6.45, 7) is 1.86. The van der Waals surface area contributed by atoms with E-state index in [1.54, 1.807) is 6.20 Å². The highest BCUT2D eigenvalue weighted by Crippen LogP contribution is 2.11. The summed E-state index contributed by atoms with van der Waals surface area (Å²) in [4.78, 5) is 19.5. The van der Waals surface area contributed by atoms with E-state index in [1.165, 1.54) is 31.7 Å². The molecule has 6 heteroatoms. The fourth-order valence-electron chi connectivity index (χ4n) is 2.28. The van der Waals surface area contributed by atoms with Crippen molar-refractivity contribution in [2.45, 2.75) is 38.1 Å². The lowest BCUT2D eigenvalue weighted by atomic mass is 10.0. The predicted octanol–water partition coefficient (Wildman–Crippen LogP) is 2.02. The molecule has 0 radical (unpaired) electrons. The molecule has 0 aliphatic carbocycles. The SMILES string of the molecule is Cl.O=C(COCCCC1CCCCN1)c1cnccn1. The van der Waals surface area contributed by atoms with Crippen LogP contribution >= 0.6 is 12.4 Å². The summed E-state index contributed by atoms with van der Waals surface area (Å²) in [6.07, 6.45) is 10.5. The lowest BCUT2D eigenvalue weighted by molar-refractivity contribution is 0.0743.